The molecule has 0 aliphatic carbocycles. The summed E-state index contributed by atoms with van der Waals surface area (Å²) in [6, 6.07) is 8.32. The van der Waals surface area contributed by atoms with Gasteiger partial charge in [-0.15, -0.1) is 0 Å². The van der Waals surface area contributed by atoms with Crippen molar-refractivity contribution in [3.05, 3.63) is 35.9 Å². The van der Waals surface area contributed by atoms with Gasteiger partial charge in [-0.05, 0) is 60.5 Å². The summed E-state index contributed by atoms with van der Waals surface area (Å²) in [5.41, 5.74) is -0.544. The van der Waals surface area contributed by atoms with Crippen molar-refractivity contribution in [3.63, 3.8) is 0 Å². The molecule has 2 N–H and O–H groups in total. The molecule has 1 rings (SSSR count). The highest BCUT2D eigenvalue weighted by molar-refractivity contribution is 7.59. The van der Waals surface area contributed by atoms with Gasteiger partial charge in [0.15, 0.2) is 6.04 Å². The van der Waals surface area contributed by atoms with E-state index in [0.717, 1.165) is 5.56 Å². The van der Waals surface area contributed by atoms with Gasteiger partial charge >= 0.3 is 18.2 Å². The average molecular weight is 535 g/mol. The third kappa shape index (κ3) is 17.0. The Morgan fingerprint density at radius 2 is 1.46 bits per heavy atom. The number of amides is 2. The summed E-state index contributed by atoms with van der Waals surface area (Å²) in [4.78, 5) is 36.6. The lowest BCUT2D eigenvalue weighted by Crippen LogP contribution is -2.52. The molecule has 0 heterocycles. The smallest absolute Gasteiger partial charge is 0.408 e. The van der Waals surface area contributed by atoms with E-state index in [0.29, 0.717) is 13.0 Å². The Bertz CT molecular complexity index is 765. The number of esters is 1. The monoisotopic (exact) mass is 534 g/mol. The van der Waals surface area contributed by atoms with E-state index in [2.05, 4.69) is 10.6 Å². The Morgan fingerprint density at radius 3 is 2.00 bits per heavy atom. The van der Waals surface area contributed by atoms with Crippen molar-refractivity contribution >= 4 is 45.1 Å². The highest BCUT2D eigenvalue weighted by Gasteiger charge is 2.33. The Kier molecular flexibility index (Phi) is 16.6. The van der Waals surface area contributed by atoms with Crippen molar-refractivity contribution in [1.82, 2.24) is 10.6 Å². The molecular weight excluding hydrogens is 492 g/mol. The summed E-state index contributed by atoms with van der Waals surface area (Å²) < 4.78 is 21.5. The lowest BCUT2D eigenvalue weighted by Gasteiger charge is -2.29. The molecule has 11 heteroatoms. The maximum atomic E-state index is 12.6. The van der Waals surface area contributed by atoms with Crippen LogP contribution in [-0.2, 0) is 30.3 Å². The molecule has 0 saturated carbocycles. The predicted octanol–water partition coefficient (Wildman–Crippen LogP) is 4.17. The fourth-order valence-electron chi connectivity index (χ4n) is 2.57. The number of carbonyl (C=O) groups is 3. The van der Waals surface area contributed by atoms with Crippen LogP contribution < -0.4 is 10.6 Å². The van der Waals surface area contributed by atoms with E-state index in [4.69, 9.17) is 18.9 Å². The third-order valence-electron chi connectivity index (χ3n) is 3.99. The van der Waals surface area contributed by atoms with Crippen LogP contribution in [0.4, 0.5) is 9.59 Å². The van der Waals surface area contributed by atoms with Crippen LogP contribution in [0.1, 0.15) is 60.5 Å². The molecule has 0 unspecified atom stereocenters. The topological polar surface area (TPSA) is 112 Å². The minimum absolute atomic E-state index is 0. The predicted molar refractivity (Wildman–Crippen MR) is 144 cm³/mol. The lowest BCUT2D eigenvalue weighted by molar-refractivity contribution is -0.161. The summed E-state index contributed by atoms with van der Waals surface area (Å²) >= 11 is 0. The number of alkyl carbamates (subject to hydrolysis) is 2. The third-order valence-corrected chi connectivity index (χ3v) is 3.99. The first-order chi connectivity index (χ1) is 15.3. The molecule has 0 aliphatic heterocycles. The van der Waals surface area contributed by atoms with Crippen LogP contribution >= 0.6 is 27.0 Å². The van der Waals surface area contributed by atoms with Gasteiger partial charge < -0.3 is 29.6 Å². The van der Waals surface area contributed by atoms with E-state index in [1.807, 2.05) is 30.3 Å². The lowest BCUT2D eigenvalue weighted by atomic mass is 10.1. The molecule has 202 valence electrons. The second-order valence-corrected chi connectivity index (χ2v) is 9.58. The normalized spacial score (nSPS) is 12.7. The van der Waals surface area contributed by atoms with E-state index >= 15 is 0 Å². The van der Waals surface area contributed by atoms with Gasteiger partial charge in [-0.3, -0.25) is 0 Å². The van der Waals surface area contributed by atoms with Crippen LogP contribution in [0.2, 0.25) is 0 Å². The molecule has 0 saturated heterocycles. The summed E-state index contributed by atoms with van der Waals surface area (Å²) in [6.07, 6.45) is -1.46. The summed E-state index contributed by atoms with van der Waals surface area (Å²) in [6.45, 7) is 12.8. The highest BCUT2D eigenvalue weighted by Crippen LogP contribution is 2.13. The number of rotatable bonds is 10. The molecule has 2 amide bonds. The summed E-state index contributed by atoms with van der Waals surface area (Å²) in [7, 11) is 0. The Balaban J connectivity index is 0. The zero-order valence-electron chi connectivity index (χ0n) is 21.7. The zero-order valence-corrected chi connectivity index (χ0v) is 23.7. The van der Waals surface area contributed by atoms with Crippen LogP contribution in [0.3, 0.4) is 0 Å². The van der Waals surface area contributed by atoms with E-state index < -0.39 is 41.5 Å². The second kappa shape index (κ2) is 16.5. The van der Waals surface area contributed by atoms with Gasteiger partial charge in [0.1, 0.15) is 17.8 Å². The number of carbonyl (C=O) groups excluding carboxylic acids is 3. The maximum absolute atomic E-state index is 12.6. The molecule has 0 bridgehead atoms. The molecule has 0 fully saturated rings. The first-order valence-electron chi connectivity index (χ1n) is 11.1. The van der Waals surface area contributed by atoms with E-state index in [-0.39, 0.29) is 40.2 Å². The summed E-state index contributed by atoms with van der Waals surface area (Å²) in [5, 5.41) is 5.18. The van der Waals surface area contributed by atoms with Crippen LogP contribution in [0.25, 0.3) is 0 Å². The van der Waals surface area contributed by atoms with E-state index in [1.54, 1.807) is 48.5 Å². The first-order valence-corrected chi connectivity index (χ1v) is 11.1. The fraction of sp³-hybridized carbons (Fsp3) is 0.625. The SMILES string of the molecule is C[C@H](OCCCNC(=O)OCc1ccccc1)[C@H](NC(=O)OC(C)(C)C)C(=O)OC(C)(C)C.S.S. The minimum atomic E-state index is -1.05. The number of hydrogen-bond donors (Lipinski definition) is 2. The van der Waals surface area contributed by atoms with Crippen molar-refractivity contribution in [2.24, 2.45) is 0 Å². The number of ether oxygens (including phenoxy) is 4. The van der Waals surface area contributed by atoms with Gasteiger partial charge in [0, 0.05) is 13.2 Å². The van der Waals surface area contributed by atoms with Gasteiger partial charge in [-0.25, -0.2) is 14.4 Å². The Morgan fingerprint density at radius 1 is 0.886 bits per heavy atom. The first kappa shape index (κ1) is 35.1. The standard InChI is InChI=1S/C24H38N2O7.2H2S/c1-17(19(20(27)32-23(2,3)4)26-22(29)33-24(5,6)7)30-15-11-14-25-21(28)31-16-18-12-9-8-10-13-18;;/h8-10,12-13,17,19H,11,14-16H2,1-7H3,(H,25,28)(H,26,29);2*1H2/t17-,19-;;/m0../s1. The minimum Gasteiger partial charge on any atom is -0.458 e. The van der Waals surface area contributed by atoms with Crippen molar-refractivity contribution in [2.45, 2.75) is 84.8 Å². The molecule has 1 aromatic rings. The molecule has 0 spiro atoms. The van der Waals surface area contributed by atoms with Gasteiger partial charge in [0.25, 0.3) is 0 Å². The molecule has 9 nitrogen and oxygen atoms in total. The second-order valence-electron chi connectivity index (χ2n) is 9.58. The Labute approximate surface area is 222 Å². The maximum Gasteiger partial charge on any atom is 0.408 e. The Hall–Kier alpha value is -2.11. The van der Waals surface area contributed by atoms with Crippen LogP contribution in [0.5, 0.6) is 0 Å². The average Bonchev–Trinajstić information content (AvgIpc) is 2.68. The van der Waals surface area contributed by atoms with Crippen LogP contribution in [-0.4, -0.2) is 54.7 Å². The molecule has 0 radical (unpaired) electrons. The quantitative estimate of drug-likeness (QED) is 0.263. The molecular formula is C24H42N2O7S2. The summed E-state index contributed by atoms with van der Waals surface area (Å²) in [5.74, 6) is -0.622. The molecule has 35 heavy (non-hydrogen) atoms. The van der Waals surface area contributed by atoms with Crippen molar-refractivity contribution in [2.75, 3.05) is 13.2 Å². The van der Waals surface area contributed by atoms with Gasteiger partial charge in [-0.1, -0.05) is 30.3 Å². The van der Waals surface area contributed by atoms with Gasteiger partial charge in [-0.2, -0.15) is 27.0 Å². The van der Waals surface area contributed by atoms with E-state index in [9.17, 15) is 14.4 Å². The fourth-order valence-corrected chi connectivity index (χ4v) is 2.57. The number of benzene rings is 1. The van der Waals surface area contributed by atoms with Crippen LogP contribution in [0, 0.1) is 0 Å². The largest absolute Gasteiger partial charge is 0.458 e. The molecule has 2 atom stereocenters. The van der Waals surface area contributed by atoms with Crippen molar-refractivity contribution in [1.29, 1.82) is 0 Å². The number of nitrogens with one attached hydrogen (secondary N) is 2. The molecule has 1 aromatic carbocycles. The number of hydrogen-bond acceptors (Lipinski definition) is 7. The van der Waals surface area contributed by atoms with Gasteiger partial charge in [0.2, 0.25) is 0 Å². The van der Waals surface area contributed by atoms with Gasteiger partial charge in [0.05, 0.1) is 6.10 Å². The molecule has 0 aromatic heterocycles. The van der Waals surface area contributed by atoms with Crippen molar-refractivity contribution < 1.29 is 33.3 Å². The zero-order chi connectivity index (χ0) is 25.1. The highest BCUT2D eigenvalue weighted by atomic mass is 32.1. The molecule has 0 aliphatic rings. The van der Waals surface area contributed by atoms with Crippen molar-refractivity contribution in [3.8, 4) is 0 Å². The van der Waals surface area contributed by atoms with E-state index in [1.165, 1.54) is 0 Å². The van der Waals surface area contributed by atoms with Crippen LogP contribution in [0.15, 0.2) is 30.3 Å².